The maximum absolute atomic E-state index is 12.8. The first-order valence-electron chi connectivity index (χ1n) is 8.08. The van der Waals surface area contributed by atoms with Crippen LogP contribution in [0.2, 0.25) is 0 Å². The second kappa shape index (κ2) is 7.77. The molecule has 0 spiro atoms. The molecule has 2 amide bonds. The molecule has 1 atom stereocenters. The van der Waals surface area contributed by atoms with Crippen LogP contribution in [0.1, 0.15) is 29.0 Å². The van der Waals surface area contributed by atoms with Crippen molar-refractivity contribution in [3.8, 4) is 5.75 Å². The summed E-state index contributed by atoms with van der Waals surface area (Å²) in [4.78, 5) is 42.4. The standard InChI is InChI=1S/C17H17FN4O4/c18-10-3-5-11(6-4-10)26-9-14-20-8-12(16(24)22-14)15(23)21-13-2-1-7-19-17(13)25/h3-6,8,13H,1-2,7,9H2,(H,19,25)(H,21,23)(H,20,22,24)/t13-/m0/s1. The zero-order chi connectivity index (χ0) is 18.5. The maximum Gasteiger partial charge on any atom is 0.263 e. The third-order valence-electron chi connectivity index (χ3n) is 3.88. The molecular formula is C17H17FN4O4. The van der Waals surface area contributed by atoms with Gasteiger partial charge in [0.25, 0.3) is 11.5 Å². The minimum Gasteiger partial charge on any atom is -0.486 e. The third-order valence-corrected chi connectivity index (χ3v) is 3.88. The van der Waals surface area contributed by atoms with Gasteiger partial charge in [-0.15, -0.1) is 0 Å². The van der Waals surface area contributed by atoms with E-state index in [1.54, 1.807) is 0 Å². The Hall–Kier alpha value is -3.23. The van der Waals surface area contributed by atoms with Gasteiger partial charge in [0.1, 0.15) is 35.6 Å². The molecule has 1 aliphatic rings. The molecule has 1 aliphatic heterocycles. The molecule has 0 bridgehead atoms. The fourth-order valence-corrected chi connectivity index (χ4v) is 2.50. The molecule has 1 aromatic heterocycles. The number of rotatable bonds is 5. The van der Waals surface area contributed by atoms with Crippen molar-refractivity contribution in [1.29, 1.82) is 0 Å². The Bertz CT molecular complexity index is 866. The number of hydrogen-bond donors (Lipinski definition) is 3. The Balaban J connectivity index is 1.63. The first-order chi connectivity index (χ1) is 12.5. The van der Waals surface area contributed by atoms with Gasteiger partial charge in [0.05, 0.1) is 0 Å². The second-order valence-corrected chi connectivity index (χ2v) is 5.77. The van der Waals surface area contributed by atoms with Crippen LogP contribution < -0.4 is 20.9 Å². The lowest BCUT2D eigenvalue weighted by Gasteiger charge is -2.22. The predicted octanol–water partition coefficient (Wildman–Crippen LogP) is 0.496. The van der Waals surface area contributed by atoms with E-state index in [1.165, 1.54) is 24.3 Å². The number of nitrogens with one attached hydrogen (secondary N) is 3. The van der Waals surface area contributed by atoms with Crippen LogP contribution in [0.3, 0.4) is 0 Å². The van der Waals surface area contributed by atoms with Gasteiger partial charge in [-0.05, 0) is 37.1 Å². The lowest BCUT2D eigenvalue weighted by molar-refractivity contribution is -0.124. The quantitative estimate of drug-likeness (QED) is 0.718. The Labute approximate surface area is 147 Å². The molecule has 136 valence electrons. The number of hydrogen-bond acceptors (Lipinski definition) is 5. The van der Waals surface area contributed by atoms with Gasteiger partial charge in [0.2, 0.25) is 5.91 Å². The summed E-state index contributed by atoms with van der Waals surface area (Å²) in [5.74, 6) is -0.679. The molecule has 2 heterocycles. The molecule has 0 radical (unpaired) electrons. The van der Waals surface area contributed by atoms with E-state index < -0.39 is 17.5 Å². The van der Waals surface area contributed by atoms with E-state index in [1.807, 2.05) is 0 Å². The van der Waals surface area contributed by atoms with Crippen LogP contribution in [-0.2, 0) is 11.4 Å². The summed E-state index contributed by atoms with van der Waals surface area (Å²) in [5.41, 5.74) is -0.819. The lowest BCUT2D eigenvalue weighted by Crippen LogP contribution is -2.50. The van der Waals surface area contributed by atoms with E-state index in [2.05, 4.69) is 20.6 Å². The topological polar surface area (TPSA) is 113 Å². The second-order valence-electron chi connectivity index (χ2n) is 5.77. The van der Waals surface area contributed by atoms with E-state index in [-0.39, 0.29) is 29.7 Å². The highest BCUT2D eigenvalue weighted by Crippen LogP contribution is 2.12. The van der Waals surface area contributed by atoms with Gasteiger partial charge in [-0.2, -0.15) is 0 Å². The van der Waals surface area contributed by atoms with Crippen LogP contribution >= 0.6 is 0 Å². The molecule has 0 saturated carbocycles. The van der Waals surface area contributed by atoms with Gasteiger partial charge in [-0.25, -0.2) is 9.37 Å². The summed E-state index contributed by atoms with van der Waals surface area (Å²) in [6.45, 7) is 0.532. The molecule has 2 aromatic rings. The number of carbonyl (C=O) groups is 2. The molecule has 0 aliphatic carbocycles. The molecule has 0 unspecified atom stereocenters. The Morgan fingerprint density at radius 1 is 1.31 bits per heavy atom. The summed E-state index contributed by atoms with van der Waals surface area (Å²) in [5, 5.41) is 5.18. The molecule has 1 fully saturated rings. The maximum atomic E-state index is 12.8. The summed E-state index contributed by atoms with van der Waals surface area (Å²) < 4.78 is 18.2. The number of carbonyl (C=O) groups excluding carboxylic acids is 2. The van der Waals surface area contributed by atoms with Crippen molar-refractivity contribution in [2.24, 2.45) is 0 Å². The van der Waals surface area contributed by atoms with Gasteiger partial charge in [0.15, 0.2) is 0 Å². The molecule has 1 saturated heterocycles. The predicted molar refractivity (Wildman–Crippen MR) is 89.1 cm³/mol. The molecule has 9 heteroatoms. The highest BCUT2D eigenvalue weighted by atomic mass is 19.1. The number of piperidine rings is 1. The van der Waals surface area contributed by atoms with E-state index >= 15 is 0 Å². The van der Waals surface area contributed by atoms with E-state index in [4.69, 9.17) is 4.74 Å². The average Bonchev–Trinajstić information content (AvgIpc) is 2.63. The van der Waals surface area contributed by atoms with Crippen LogP contribution in [0.25, 0.3) is 0 Å². The summed E-state index contributed by atoms with van der Waals surface area (Å²) >= 11 is 0. The van der Waals surface area contributed by atoms with Crippen LogP contribution in [0.4, 0.5) is 4.39 Å². The number of H-pyrrole nitrogens is 1. The first kappa shape index (κ1) is 17.6. The minimum absolute atomic E-state index is 0.0478. The Kier molecular flexibility index (Phi) is 5.26. The number of ether oxygens (including phenoxy) is 1. The number of benzene rings is 1. The number of amides is 2. The minimum atomic E-state index is -0.660. The van der Waals surface area contributed by atoms with Crippen LogP contribution in [0.15, 0.2) is 35.3 Å². The zero-order valence-electron chi connectivity index (χ0n) is 13.8. The summed E-state index contributed by atoms with van der Waals surface area (Å²) in [6.07, 6.45) is 2.41. The van der Waals surface area contributed by atoms with Crippen molar-refractivity contribution in [2.75, 3.05) is 6.54 Å². The fraction of sp³-hybridized carbons (Fsp3) is 0.294. The zero-order valence-corrected chi connectivity index (χ0v) is 13.8. The first-order valence-corrected chi connectivity index (χ1v) is 8.08. The number of halogens is 1. The van der Waals surface area contributed by atoms with Crippen molar-refractivity contribution < 1.29 is 18.7 Å². The van der Waals surface area contributed by atoms with Crippen molar-refractivity contribution in [2.45, 2.75) is 25.5 Å². The highest BCUT2D eigenvalue weighted by molar-refractivity contribution is 5.97. The van der Waals surface area contributed by atoms with Crippen molar-refractivity contribution >= 4 is 11.8 Å². The lowest BCUT2D eigenvalue weighted by atomic mass is 10.1. The number of aromatic amines is 1. The normalized spacial score (nSPS) is 16.7. The van der Waals surface area contributed by atoms with Crippen LogP contribution in [-0.4, -0.2) is 34.4 Å². The SMILES string of the molecule is O=C(N[C@H]1CCCNC1=O)c1cnc(COc2ccc(F)cc2)[nH]c1=O. The van der Waals surface area contributed by atoms with Crippen LogP contribution in [0.5, 0.6) is 5.75 Å². The van der Waals surface area contributed by atoms with Gasteiger partial charge in [-0.3, -0.25) is 14.4 Å². The van der Waals surface area contributed by atoms with Crippen LogP contribution in [0, 0.1) is 5.82 Å². The molecular weight excluding hydrogens is 343 g/mol. The van der Waals surface area contributed by atoms with E-state index in [0.717, 1.165) is 12.6 Å². The van der Waals surface area contributed by atoms with Gasteiger partial charge in [0, 0.05) is 12.7 Å². The summed E-state index contributed by atoms with van der Waals surface area (Å²) in [6, 6.07) is 4.74. The Morgan fingerprint density at radius 3 is 2.77 bits per heavy atom. The Morgan fingerprint density at radius 2 is 2.08 bits per heavy atom. The third kappa shape index (κ3) is 4.24. The van der Waals surface area contributed by atoms with Gasteiger partial charge in [-0.1, -0.05) is 0 Å². The molecule has 8 nitrogen and oxygen atoms in total. The number of aromatic nitrogens is 2. The van der Waals surface area contributed by atoms with E-state index in [0.29, 0.717) is 18.7 Å². The van der Waals surface area contributed by atoms with Crippen molar-refractivity contribution in [3.63, 3.8) is 0 Å². The van der Waals surface area contributed by atoms with Gasteiger partial charge >= 0.3 is 0 Å². The molecule has 3 N–H and O–H groups in total. The average molecular weight is 360 g/mol. The monoisotopic (exact) mass is 360 g/mol. The fourth-order valence-electron chi connectivity index (χ4n) is 2.50. The number of nitrogens with zero attached hydrogens (tertiary/aromatic N) is 1. The molecule has 3 rings (SSSR count). The van der Waals surface area contributed by atoms with E-state index in [9.17, 15) is 18.8 Å². The summed E-state index contributed by atoms with van der Waals surface area (Å²) in [7, 11) is 0. The smallest absolute Gasteiger partial charge is 0.263 e. The van der Waals surface area contributed by atoms with Gasteiger partial charge < -0.3 is 20.4 Å². The van der Waals surface area contributed by atoms with Crippen molar-refractivity contribution in [3.05, 3.63) is 58.0 Å². The van der Waals surface area contributed by atoms with Crippen molar-refractivity contribution in [1.82, 2.24) is 20.6 Å². The highest BCUT2D eigenvalue weighted by Gasteiger charge is 2.25. The molecule has 1 aromatic carbocycles. The largest absolute Gasteiger partial charge is 0.486 e. The molecule has 26 heavy (non-hydrogen) atoms.